The summed E-state index contributed by atoms with van der Waals surface area (Å²) >= 11 is 0. The molecule has 0 amide bonds. The average molecular weight is 257 g/mol. The summed E-state index contributed by atoms with van der Waals surface area (Å²) in [5.41, 5.74) is 2.68. The van der Waals surface area contributed by atoms with Gasteiger partial charge in [-0.25, -0.2) is 0 Å². The minimum absolute atomic E-state index is 0.510. The molecule has 3 heteroatoms. The minimum Gasteiger partial charge on any atom is -0.493 e. The lowest BCUT2D eigenvalue weighted by Crippen LogP contribution is -2.10. The fourth-order valence-corrected chi connectivity index (χ4v) is 3.02. The average Bonchev–Trinajstić information content (AvgIpc) is 2.90. The SMILES string of the molecule is COc1ccc(C2CNC3=CC=CCC32)cc1OC. The lowest BCUT2D eigenvalue weighted by atomic mass is 9.83. The second-order valence-corrected chi connectivity index (χ2v) is 4.99. The first-order valence-corrected chi connectivity index (χ1v) is 6.66. The van der Waals surface area contributed by atoms with E-state index in [4.69, 9.17) is 9.47 Å². The third-order valence-corrected chi connectivity index (χ3v) is 4.05. The summed E-state index contributed by atoms with van der Waals surface area (Å²) in [6.45, 7) is 0.994. The maximum absolute atomic E-state index is 5.40. The monoisotopic (exact) mass is 257 g/mol. The predicted molar refractivity (Wildman–Crippen MR) is 75.6 cm³/mol. The molecule has 19 heavy (non-hydrogen) atoms. The van der Waals surface area contributed by atoms with E-state index in [9.17, 15) is 0 Å². The van der Waals surface area contributed by atoms with Crippen LogP contribution in [-0.4, -0.2) is 20.8 Å². The van der Waals surface area contributed by atoms with Crippen LogP contribution >= 0.6 is 0 Å². The summed E-state index contributed by atoms with van der Waals surface area (Å²) in [5, 5.41) is 3.51. The largest absolute Gasteiger partial charge is 0.493 e. The number of ether oxygens (including phenoxy) is 2. The van der Waals surface area contributed by atoms with E-state index >= 15 is 0 Å². The Morgan fingerprint density at radius 3 is 2.74 bits per heavy atom. The first-order chi connectivity index (χ1) is 9.33. The molecule has 1 aromatic carbocycles. The summed E-state index contributed by atoms with van der Waals surface area (Å²) in [7, 11) is 3.35. The van der Waals surface area contributed by atoms with Gasteiger partial charge in [0.25, 0.3) is 0 Å². The van der Waals surface area contributed by atoms with Gasteiger partial charge in [0.1, 0.15) is 0 Å². The normalized spacial score (nSPS) is 24.4. The molecule has 0 aromatic heterocycles. The Morgan fingerprint density at radius 1 is 1.11 bits per heavy atom. The zero-order valence-electron chi connectivity index (χ0n) is 11.3. The van der Waals surface area contributed by atoms with Crippen LogP contribution in [0.5, 0.6) is 11.5 Å². The van der Waals surface area contributed by atoms with E-state index in [1.807, 2.05) is 6.07 Å². The highest BCUT2D eigenvalue weighted by Gasteiger charge is 2.32. The van der Waals surface area contributed by atoms with Crippen molar-refractivity contribution in [3.8, 4) is 11.5 Å². The molecule has 1 N–H and O–H groups in total. The quantitative estimate of drug-likeness (QED) is 0.903. The van der Waals surface area contributed by atoms with Gasteiger partial charge in [0.15, 0.2) is 11.5 Å². The van der Waals surface area contributed by atoms with Crippen LogP contribution in [0.25, 0.3) is 0 Å². The number of methoxy groups -OCH3 is 2. The van der Waals surface area contributed by atoms with Crippen molar-refractivity contribution in [1.29, 1.82) is 0 Å². The standard InChI is InChI=1S/C16H19NO2/c1-18-15-8-7-11(9-16(15)19-2)13-10-17-14-6-4-3-5-12(13)14/h3-4,6-9,12-13,17H,5,10H2,1-2H3. The van der Waals surface area contributed by atoms with E-state index in [1.54, 1.807) is 14.2 Å². The molecular formula is C16H19NO2. The summed E-state index contributed by atoms with van der Waals surface area (Å²) in [6, 6.07) is 6.25. The van der Waals surface area contributed by atoms with Crippen molar-refractivity contribution in [2.75, 3.05) is 20.8 Å². The van der Waals surface area contributed by atoms with Crippen LogP contribution in [0.4, 0.5) is 0 Å². The van der Waals surface area contributed by atoms with Crippen molar-refractivity contribution in [3.05, 3.63) is 47.7 Å². The van der Waals surface area contributed by atoms with Crippen molar-refractivity contribution in [1.82, 2.24) is 5.32 Å². The van der Waals surface area contributed by atoms with E-state index in [-0.39, 0.29) is 0 Å². The maximum atomic E-state index is 5.40. The number of hydrogen-bond acceptors (Lipinski definition) is 3. The molecule has 1 heterocycles. The van der Waals surface area contributed by atoms with Gasteiger partial charge in [0, 0.05) is 24.1 Å². The lowest BCUT2D eigenvalue weighted by molar-refractivity contribution is 0.354. The number of benzene rings is 1. The van der Waals surface area contributed by atoms with Gasteiger partial charge in [-0.15, -0.1) is 0 Å². The zero-order chi connectivity index (χ0) is 13.2. The molecule has 2 aliphatic rings. The fourth-order valence-electron chi connectivity index (χ4n) is 3.02. The fraction of sp³-hybridized carbons (Fsp3) is 0.375. The Kier molecular flexibility index (Phi) is 3.20. The van der Waals surface area contributed by atoms with E-state index in [0.717, 1.165) is 24.5 Å². The van der Waals surface area contributed by atoms with Gasteiger partial charge in [-0.2, -0.15) is 0 Å². The molecule has 1 fully saturated rings. The Morgan fingerprint density at radius 2 is 1.95 bits per heavy atom. The van der Waals surface area contributed by atoms with Gasteiger partial charge < -0.3 is 14.8 Å². The molecule has 1 saturated heterocycles. The molecule has 0 radical (unpaired) electrons. The number of nitrogens with one attached hydrogen (secondary N) is 1. The van der Waals surface area contributed by atoms with Crippen molar-refractivity contribution in [2.24, 2.45) is 5.92 Å². The number of rotatable bonds is 3. The smallest absolute Gasteiger partial charge is 0.160 e. The number of hydrogen-bond donors (Lipinski definition) is 1. The summed E-state index contributed by atoms with van der Waals surface area (Å²) in [5.74, 6) is 2.68. The first-order valence-electron chi connectivity index (χ1n) is 6.66. The Labute approximate surface area is 113 Å². The van der Waals surface area contributed by atoms with E-state index in [0.29, 0.717) is 11.8 Å². The van der Waals surface area contributed by atoms with Crippen LogP contribution in [0, 0.1) is 5.92 Å². The minimum atomic E-state index is 0.510. The highest BCUT2D eigenvalue weighted by molar-refractivity contribution is 5.45. The molecule has 2 atom stereocenters. The molecule has 0 spiro atoms. The topological polar surface area (TPSA) is 30.5 Å². The number of fused-ring (bicyclic) bond motifs is 1. The van der Waals surface area contributed by atoms with E-state index < -0.39 is 0 Å². The van der Waals surface area contributed by atoms with Crippen LogP contribution in [0.2, 0.25) is 0 Å². The molecule has 1 aliphatic heterocycles. The van der Waals surface area contributed by atoms with Crippen molar-refractivity contribution >= 4 is 0 Å². The van der Waals surface area contributed by atoms with Gasteiger partial charge in [0.05, 0.1) is 14.2 Å². The molecule has 0 bridgehead atoms. The highest BCUT2D eigenvalue weighted by atomic mass is 16.5. The Balaban J connectivity index is 1.91. The van der Waals surface area contributed by atoms with Crippen molar-refractivity contribution < 1.29 is 9.47 Å². The third kappa shape index (κ3) is 2.09. The highest BCUT2D eigenvalue weighted by Crippen LogP contribution is 2.40. The van der Waals surface area contributed by atoms with E-state index in [2.05, 4.69) is 35.7 Å². The Hall–Kier alpha value is -1.90. The Bertz CT molecular complexity index is 534. The second kappa shape index (κ2) is 5.00. The van der Waals surface area contributed by atoms with Gasteiger partial charge in [-0.05, 0) is 30.2 Å². The molecule has 3 nitrogen and oxygen atoms in total. The van der Waals surface area contributed by atoms with Crippen LogP contribution in [0.1, 0.15) is 17.9 Å². The van der Waals surface area contributed by atoms with Crippen LogP contribution < -0.4 is 14.8 Å². The molecule has 100 valence electrons. The number of allylic oxidation sites excluding steroid dienone is 4. The van der Waals surface area contributed by atoms with Crippen LogP contribution in [-0.2, 0) is 0 Å². The van der Waals surface area contributed by atoms with Crippen molar-refractivity contribution in [3.63, 3.8) is 0 Å². The van der Waals surface area contributed by atoms with Gasteiger partial charge in [0.2, 0.25) is 0 Å². The van der Waals surface area contributed by atoms with Gasteiger partial charge >= 0.3 is 0 Å². The second-order valence-electron chi connectivity index (χ2n) is 4.99. The first kappa shape index (κ1) is 12.2. The van der Waals surface area contributed by atoms with Gasteiger partial charge in [-0.1, -0.05) is 18.2 Å². The molecule has 2 unspecified atom stereocenters. The third-order valence-electron chi connectivity index (χ3n) is 4.05. The summed E-state index contributed by atoms with van der Waals surface area (Å²) in [4.78, 5) is 0. The molecule has 0 saturated carbocycles. The maximum Gasteiger partial charge on any atom is 0.160 e. The van der Waals surface area contributed by atoms with Crippen molar-refractivity contribution in [2.45, 2.75) is 12.3 Å². The predicted octanol–water partition coefficient (Wildman–Crippen LogP) is 2.85. The summed E-state index contributed by atoms with van der Waals surface area (Å²) < 4.78 is 10.7. The molecule has 1 aliphatic carbocycles. The zero-order valence-corrected chi connectivity index (χ0v) is 11.3. The van der Waals surface area contributed by atoms with Gasteiger partial charge in [-0.3, -0.25) is 0 Å². The molecule has 1 aromatic rings. The lowest BCUT2D eigenvalue weighted by Gasteiger charge is -2.20. The van der Waals surface area contributed by atoms with E-state index in [1.165, 1.54) is 11.3 Å². The molecular weight excluding hydrogens is 238 g/mol. The summed E-state index contributed by atoms with van der Waals surface area (Å²) in [6.07, 6.45) is 7.68. The molecule has 3 rings (SSSR count). The van der Waals surface area contributed by atoms with Crippen LogP contribution in [0.3, 0.4) is 0 Å². The van der Waals surface area contributed by atoms with Crippen LogP contribution in [0.15, 0.2) is 42.1 Å².